The maximum atomic E-state index is 13.6. The van der Waals surface area contributed by atoms with Gasteiger partial charge in [0.05, 0.1) is 5.41 Å². The van der Waals surface area contributed by atoms with Crippen LogP contribution in [0.15, 0.2) is 0 Å². The number of halogens is 9. The molecule has 0 aromatic heterocycles. The van der Waals surface area contributed by atoms with E-state index in [1.165, 1.54) is 0 Å². The van der Waals surface area contributed by atoms with Crippen LogP contribution in [0.1, 0.15) is 38.5 Å². The Labute approximate surface area is 132 Å². The normalized spacial score (nSPS) is 34.8. The Morgan fingerprint density at radius 2 is 1.46 bits per heavy atom. The minimum Gasteiger partial charge on any atom is -0.211 e. The van der Waals surface area contributed by atoms with Gasteiger partial charge in [0.2, 0.25) is 6.43 Å². The van der Waals surface area contributed by atoms with Crippen LogP contribution in [0.25, 0.3) is 0 Å². The molecule has 3 saturated carbocycles. The van der Waals surface area contributed by atoms with E-state index in [-0.39, 0.29) is 12.8 Å². The lowest BCUT2D eigenvalue weighted by atomic mass is 9.67. The molecular weight excluding hydrogens is 351 g/mol. The van der Waals surface area contributed by atoms with Crippen LogP contribution in [0.3, 0.4) is 0 Å². The number of hydrogen-bond acceptors (Lipinski definition) is 0. The molecule has 3 aliphatic rings. The fourth-order valence-corrected chi connectivity index (χ4v) is 3.86. The number of alkyl halides is 9. The summed E-state index contributed by atoms with van der Waals surface area (Å²) in [5, 5.41) is 0. The van der Waals surface area contributed by atoms with Crippen molar-refractivity contribution in [3.05, 3.63) is 6.42 Å². The van der Waals surface area contributed by atoms with Crippen LogP contribution in [-0.2, 0) is 0 Å². The number of rotatable bonds is 7. The van der Waals surface area contributed by atoms with Crippen molar-refractivity contribution in [3.8, 4) is 0 Å². The van der Waals surface area contributed by atoms with Crippen molar-refractivity contribution in [2.75, 3.05) is 0 Å². The summed E-state index contributed by atoms with van der Waals surface area (Å²) >= 11 is 0. The minimum atomic E-state index is -4.72. The topological polar surface area (TPSA) is 0 Å². The first kappa shape index (κ1) is 18.2. The van der Waals surface area contributed by atoms with E-state index < -0.39 is 72.8 Å². The molecule has 0 aromatic rings. The summed E-state index contributed by atoms with van der Waals surface area (Å²) < 4.78 is 119. The molecule has 0 heterocycles. The van der Waals surface area contributed by atoms with E-state index in [9.17, 15) is 39.5 Å². The molecule has 0 nitrogen and oxygen atoms in total. The van der Waals surface area contributed by atoms with E-state index in [1.807, 2.05) is 0 Å². The van der Waals surface area contributed by atoms with Crippen LogP contribution in [0, 0.1) is 29.1 Å². The quantitative estimate of drug-likeness (QED) is 0.493. The van der Waals surface area contributed by atoms with Gasteiger partial charge in [-0.05, 0) is 31.1 Å². The molecule has 0 aliphatic heterocycles. The van der Waals surface area contributed by atoms with Crippen LogP contribution < -0.4 is 0 Å². The highest BCUT2D eigenvalue weighted by Crippen LogP contribution is 2.72. The third-order valence-corrected chi connectivity index (χ3v) is 5.58. The monoisotopic (exact) mass is 367 g/mol. The summed E-state index contributed by atoms with van der Waals surface area (Å²) in [5.41, 5.74) is -4.52. The first-order valence-corrected chi connectivity index (χ1v) is 7.70. The smallest absolute Gasteiger partial charge is 0.211 e. The Kier molecular flexibility index (Phi) is 3.76. The van der Waals surface area contributed by atoms with Crippen LogP contribution in [0.5, 0.6) is 0 Å². The molecule has 3 aliphatic carbocycles. The van der Waals surface area contributed by atoms with Gasteiger partial charge >= 0.3 is 6.18 Å². The maximum Gasteiger partial charge on any atom is 0.394 e. The molecule has 0 amide bonds. The lowest BCUT2D eigenvalue weighted by Gasteiger charge is -2.38. The van der Waals surface area contributed by atoms with E-state index in [0.29, 0.717) is 6.42 Å². The summed E-state index contributed by atoms with van der Waals surface area (Å²) in [4.78, 5) is 0. The lowest BCUT2D eigenvalue weighted by molar-refractivity contribution is -0.199. The fourth-order valence-electron chi connectivity index (χ4n) is 3.86. The first-order chi connectivity index (χ1) is 10.7. The standard InChI is InChI=1S/C15H16F9/c16-10(17)6-11(9-5-14(9,20)21,3-8-4-13(8,18)19)7-12(1-2-12)15(22,23)24/h3,8-10H,1-2,4-7H2/t8-,9+,11?/m0/s1. The third kappa shape index (κ3) is 3.11. The van der Waals surface area contributed by atoms with E-state index >= 15 is 0 Å². The van der Waals surface area contributed by atoms with Crippen molar-refractivity contribution >= 4 is 0 Å². The van der Waals surface area contributed by atoms with Crippen LogP contribution in [0.4, 0.5) is 39.5 Å². The van der Waals surface area contributed by atoms with Crippen molar-refractivity contribution in [1.29, 1.82) is 0 Å². The highest BCUT2D eigenvalue weighted by Gasteiger charge is 2.74. The Balaban J connectivity index is 1.89. The average molecular weight is 367 g/mol. The molecule has 0 saturated heterocycles. The van der Waals surface area contributed by atoms with Crippen molar-refractivity contribution in [2.45, 2.75) is 63.0 Å². The van der Waals surface area contributed by atoms with Crippen molar-refractivity contribution in [1.82, 2.24) is 0 Å². The van der Waals surface area contributed by atoms with E-state index in [0.717, 1.165) is 0 Å². The van der Waals surface area contributed by atoms with Gasteiger partial charge in [-0.15, -0.1) is 0 Å². The van der Waals surface area contributed by atoms with Crippen molar-refractivity contribution in [3.63, 3.8) is 0 Å². The molecule has 3 atom stereocenters. The second-order valence-corrected chi connectivity index (χ2v) is 7.54. The minimum absolute atomic E-state index is 0.339. The van der Waals surface area contributed by atoms with E-state index in [4.69, 9.17) is 0 Å². The maximum absolute atomic E-state index is 13.6. The summed E-state index contributed by atoms with van der Waals surface area (Å²) in [5.74, 6) is -9.81. The molecule has 0 spiro atoms. The van der Waals surface area contributed by atoms with Gasteiger partial charge in [-0.2, -0.15) is 13.2 Å². The molecule has 1 unspecified atom stereocenters. The zero-order chi connectivity index (χ0) is 18.2. The van der Waals surface area contributed by atoms with Crippen LogP contribution >= 0.6 is 0 Å². The summed E-state index contributed by atoms with van der Waals surface area (Å²) in [6.07, 6.45) is -11.5. The molecular formula is C15H16F9. The molecule has 0 N–H and O–H groups in total. The molecule has 3 fully saturated rings. The Bertz CT molecular complexity index is 506. The first-order valence-electron chi connectivity index (χ1n) is 7.70. The molecule has 0 aromatic carbocycles. The van der Waals surface area contributed by atoms with Crippen LogP contribution in [0.2, 0.25) is 0 Å². The second-order valence-electron chi connectivity index (χ2n) is 7.54. The molecule has 1 radical (unpaired) electrons. The third-order valence-electron chi connectivity index (χ3n) is 5.58. The summed E-state index contributed by atoms with van der Waals surface area (Å²) in [7, 11) is 0. The summed E-state index contributed by atoms with van der Waals surface area (Å²) in [6.45, 7) is 0. The zero-order valence-electron chi connectivity index (χ0n) is 12.5. The predicted octanol–water partition coefficient (Wildman–Crippen LogP) is 5.88. The second kappa shape index (κ2) is 4.96. The largest absolute Gasteiger partial charge is 0.394 e. The Morgan fingerprint density at radius 3 is 1.75 bits per heavy atom. The SMILES string of the molecule is FC(F)CC([CH][C@H]1CC1(F)F)(CC1(C(F)(F)F)CC1)[C@H]1CC1(F)F. The molecule has 24 heavy (non-hydrogen) atoms. The van der Waals surface area contributed by atoms with E-state index in [2.05, 4.69) is 0 Å². The van der Waals surface area contributed by atoms with Gasteiger partial charge in [0.1, 0.15) is 0 Å². The fraction of sp³-hybridized carbons (Fsp3) is 0.933. The molecule has 139 valence electrons. The van der Waals surface area contributed by atoms with Gasteiger partial charge in [-0.3, -0.25) is 0 Å². The van der Waals surface area contributed by atoms with E-state index in [1.54, 1.807) is 0 Å². The van der Waals surface area contributed by atoms with Gasteiger partial charge in [0.25, 0.3) is 11.8 Å². The molecule has 9 heteroatoms. The van der Waals surface area contributed by atoms with Gasteiger partial charge in [0.15, 0.2) is 0 Å². The zero-order valence-corrected chi connectivity index (χ0v) is 12.5. The highest BCUT2D eigenvalue weighted by atomic mass is 19.4. The Morgan fingerprint density at radius 1 is 0.958 bits per heavy atom. The van der Waals surface area contributed by atoms with Gasteiger partial charge in [0, 0.05) is 31.1 Å². The van der Waals surface area contributed by atoms with Gasteiger partial charge in [-0.1, -0.05) is 0 Å². The lowest BCUT2D eigenvalue weighted by Crippen LogP contribution is -2.38. The predicted molar refractivity (Wildman–Crippen MR) is 65.8 cm³/mol. The molecule has 3 rings (SSSR count). The van der Waals surface area contributed by atoms with Crippen LogP contribution in [-0.4, -0.2) is 24.4 Å². The van der Waals surface area contributed by atoms with Gasteiger partial charge in [-0.25, -0.2) is 26.3 Å². The summed E-state index contributed by atoms with van der Waals surface area (Å²) in [6, 6.07) is 0. The van der Waals surface area contributed by atoms with Gasteiger partial charge < -0.3 is 0 Å². The van der Waals surface area contributed by atoms with Crippen molar-refractivity contribution < 1.29 is 39.5 Å². The Hall–Kier alpha value is -0.630. The molecule has 0 bridgehead atoms. The average Bonchev–Trinajstić information content (AvgIpc) is 3.26. The van der Waals surface area contributed by atoms with Crippen molar-refractivity contribution in [2.24, 2.45) is 22.7 Å². The highest BCUT2D eigenvalue weighted by molar-refractivity contribution is 5.21. The number of hydrogen-bond donors (Lipinski definition) is 0.